The molecule has 0 amide bonds. The van der Waals surface area contributed by atoms with E-state index in [0.717, 1.165) is 42.4 Å². The maximum atomic E-state index is 10.3. The van der Waals surface area contributed by atoms with Gasteiger partial charge in [-0.25, -0.2) is 4.98 Å². The van der Waals surface area contributed by atoms with Crippen LogP contribution < -0.4 is 5.32 Å². The van der Waals surface area contributed by atoms with Crippen LogP contribution in [-0.4, -0.2) is 43.1 Å². The summed E-state index contributed by atoms with van der Waals surface area (Å²) in [5.74, 6) is 2.79. The van der Waals surface area contributed by atoms with E-state index in [-0.39, 0.29) is 17.9 Å². The van der Waals surface area contributed by atoms with Gasteiger partial charge in [-0.15, -0.1) is 5.10 Å². The molecule has 1 saturated carbocycles. The van der Waals surface area contributed by atoms with Crippen molar-refractivity contribution in [2.75, 3.05) is 11.9 Å². The van der Waals surface area contributed by atoms with Gasteiger partial charge < -0.3 is 10.4 Å². The number of rotatable bonds is 6. The van der Waals surface area contributed by atoms with Crippen LogP contribution >= 0.6 is 0 Å². The number of nitrogens with one attached hydrogen (secondary N) is 2. The van der Waals surface area contributed by atoms with Gasteiger partial charge in [0.05, 0.1) is 11.8 Å². The van der Waals surface area contributed by atoms with E-state index in [1.165, 1.54) is 0 Å². The number of nitrogens with zero attached hydrogens (tertiary/aromatic N) is 4. The van der Waals surface area contributed by atoms with Gasteiger partial charge in [-0.1, -0.05) is 13.3 Å². The van der Waals surface area contributed by atoms with Gasteiger partial charge in [0.25, 0.3) is 0 Å². The molecule has 0 radical (unpaired) electrons. The molecular formula is C16H24N6O. The zero-order valence-electron chi connectivity index (χ0n) is 13.7. The van der Waals surface area contributed by atoms with Crippen molar-refractivity contribution in [2.45, 2.75) is 51.6 Å². The molecule has 0 saturated heterocycles. The summed E-state index contributed by atoms with van der Waals surface area (Å²) in [5, 5.41) is 29.0. The summed E-state index contributed by atoms with van der Waals surface area (Å²) in [5.41, 5.74) is 1.01. The lowest BCUT2D eigenvalue weighted by molar-refractivity contribution is 0.137. The smallest absolute Gasteiger partial charge is 0.153 e. The number of aromatic amines is 1. The summed E-state index contributed by atoms with van der Waals surface area (Å²) < 4.78 is 0. The topological polar surface area (TPSA) is 99.6 Å². The van der Waals surface area contributed by atoms with Crippen molar-refractivity contribution in [3.8, 4) is 0 Å². The Labute approximate surface area is 136 Å². The summed E-state index contributed by atoms with van der Waals surface area (Å²) in [6.07, 6.45) is 3.28. The first-order valence-corrected chi connectivity index (χ1v) is 8.29. The predicted octanol–water partition coefficient (Wildman–Crippen LogP) is 1.82. The number of aryl methyl sites for hydroxylation is 2. The second-order valence-electron chi connectivity index (χ2n) is 6.32. The lowest BCUT2D eigenvalue weighted by atomic mass is 10.0. The highest BCUT2D eigenvalue weighted by Gasteiger charge is 2.35. The third-order valence-electron chi connectivity index (χ3n) is 4.41. The van der Waals surface area contributed by atoms with E-state index >= 15 is 0 Å². The molecule has 1 fully saturated rings. The molecule has 7 heteroatoms. The van der Waals surface area contributed by atoms with Crippen molar-refractivity contribution in [1.29, 1.82) is 0 Å². The largest absolute Gasteiger partial charge is 0.393 e. The van der Waals surface area contributed by atoms with Crippen molar-refractivity contribution in [1.82, 2.24) is 25.4 Å². The average molecular weight is 316 g/mol. The van der Waals surface area contributed by atoms with Crippen LogP contribution in [0.2, 0.25) is 0 Å². The highest BCUT2D eigenvalue weighted by molar-refractivity contribution is 5.33. The van der Waals surface area contributed by atoms with E-state index in [0.29, 0.717) is 13.0 Å². The molecule has 2 heterocycles. The molecule has 0 unspecified atom stereocenters. The molecule has 0 spiro atoms. The quantitative estimate of drug-likeness (QED) is 0.752. The Hall–Kier alpha value is -2.02. The summed E-state index contributed by atoms with van der Waals surface area (Å²) in [4.78, 5) is 4.39. The highest BCUT2D eigenvalue weighted by Crippen LogP contribution is 2.37. The van der Waals surface area contributed by atoms with Gasteiger partial charge in [0.1, 0.15) is 11.6 Å². The summed E-state index contributed by atoms with van der Waals surface area (Å²) in [6, 6.07) is 3.96. The summed E-state index contributed by atoms with van der Waals surface area (Å²) >= 11 is 0. The highest BCUT2D eigenvalue weighted by atomic mass is 16.3. The van der Waals surface area contributed by atoms with E-state index in [1.807, 2.05) is 19.1 Å². The van der Waals surface area contributed by atoms with Crippen LogP contribution in [0.15, 0.2) is 12.1 Å². The summed E-state index contributed by atoms with van der Waals surface area (Å²) in [7, 11) is 0. The lowest BCUT2D eigenvalue weighted by Crippen LogP contribution is -2.22. The zero-order valence-corrected chi connectivity index (χ0v) is 13.7. The lowest BCUT2D eigenvalue weighted by Gasteiger charge is -2.15. The molecule has 23 heavy (non-hydrogen) atoms. The fraction of sp³-hybridized carbons (Fsp3) is 0.625. The van der Waals surface area contributed by atoms with Crippen molar-refractivity contribution in [2.24, 2.45) is 5.92 Å². The minimum Gasteiger partial charge on any atom is -0.393 e. The second-order valence-corrected chi connectivity index (χ2v) is 6.32. The summed E-state index contributed by atoms with van der Waals surface area (Å²) in [6.45, 7) is 4.70. The molecule has 0 aromatic carbocycles. The van der Waals surface area contributed by atoms with Gasteiger partial charge >= 0.3 is 0 Å². The van der Waals surface area contributed by atoms with Gasteiger partial charge in [-0.2, -0.15) is 10.2 Å². The Bertz CT molecular complexity index is 626. The number of anilines is 1. The van der Waals surface area contributed by atoms with Crippen LogP contribution in [0.4, 0.5) is 5.82 Å². The Morgan fingerprint density at radius 3 is 2.83 bits per heavy atom. The molecule has 3 N–H and O–H groups in total. The first-order valence-electron chi connectivity index (χ1n) is 8.29. The molecule has 124 valence electrons. The molecule has 7 nitrogen and oxygen atoms in total. The zero-order chi connectivity index (χ0) is 16.2. The second kappa shape index (κ2) is 7.04. The predicted molar refractivity (Wildman–Crippen MR) is 87.1 cm³/mol. The minimum absolute atomic E-state index is 0.177. The van der Waals surface area contributed by atoms with Gasteiger partial charge in [0.2, 0.25) is 0 Å². The van der Waals surface area contributed by atoms with Crippen LogP contribution in [0.3, 0.4) is 0 Å². The Kier molecular flexibility index (Phi) is 4.85. The van der Waals surface area contributed by atoms with Crippen molar-refractivity contribution in [3.05, 3.63) is 29.5 Å². The van der Waals surface area contributed by atoms with Crippen LogP contribution in [0.5, 0.6) is 0 Å². The van der Waals surface area contributed by atoms with Crippen molar-refractivity contribution >= 4 is 5.82 Å². The van der Waals surface area contributed by atoms with E-state index in [1.54, 1.807) is 0 Å². The molecular weight excluding hydrogens is 292 g/mol. The fourth-order valence-electron chi connectivity index (χ4n) is 3.15. The fourth-order valence-corrected chi connectivity index (χ4v) is 3.15. The Morgan fingerprint density at radius 2 is 2.17 bits per heavy atom. The average Bonchev–Trinajstić information content (AvgIpc) is 3.13. The number of hydrogen-bond donors (Lipinski definition) is 3. The normalized spacial score (nSPS) is 24.0. The van der Waals surface area contributed by atoms with Crippen LogP contribution in [0.1, 0.15) is 49.4 Å². The molecule has 3 rings (SSSR count). The number of aliphatic hydroxyl groups excluding tert-OH is 1. The van der Waals surface area contributed by atoms with Crippen molar-refractivity contribution < 1.29 is 5.11 Å². The van der Waals surface area contributed by atoms with E-state index in [2.05, 4.69) is 37.6 Å². The first kappa shape index (κ1) is 15.9. The van der Waals surface area contributed by atoms with Crippen molar-refractivity contribution in [3.63, 3.8) is 0 Å². The molecule has 1 aliphatic rings. The number of H-pyrrole nitrogens is 1. The number of aliphatic hydroxyl groups is 1. The molecule has 3 atom stereocenters. The molecule has 2 aromatic heterocycles. The third-order valence-corrected chi connectivity index (χ3v) is 4.41. The Morgan fingerprint density at radius 1 is 1.30 bits per heavy atom. The van der Waals surface area contributed by atoms with Gasteiger partial charge in [0, 0.05) is 18.4 Å². The molecule has 0 aliphatic heterocycles. The van der Waals surface area contributed by atoms with Gasteiger partial charge in [-0.3, -0.25) is 5.10 Å². The van der Waals surface area contributed by atoms with E-state index in [9.17, 15) is 5.11 Å². The standard InChI is InChI=1S/C16H24N6O/c1-3-4-13-5-6-15(21-20-13)17-9-12-7-11(8-14(12)23)16-18-10(2)19-22-16/h5-6,11-12,14,23H,3-4,7-9H2,1-2H3,(H,17,21)(H,18,19,22)/t11-,12+,14+/m0/s1. The van der Waals surface area contributed by atoms with Crippen LogP contribution in [0.25, 0.3) is 0 Å². The van der Waals surface area contributed by atoms with Crippen LogP contribution in [-0.2, 0) is 6.42 Å². The van der Waals surface area contributed by atoms with Gasteiger partial charge in [-0.05, 0) is 38.3 Å². The Balaban J connectivity index is 1.54. The SMILES string of the molecule is CCCc1ccc(NC[C@H]2C[C@H](c3n[nH]c(C)n3)C[C@H]2O)nn1. The number of aromatic nitrogens is 5. The molecule has 1 aliphatic carbocycles. The first-order chi connectivity index (χ1) is 11.2. The minimum atomic E-state index is -0.335. The molecule has 0 bridgehead atoms. The van der Waals surface area contributed by atoms with E-state index < -0.39 is 0 Å². The number of hydrogen-bond acceptors (Lipinski definition) is 6. The van der Waals surface area contributed by atoms with Crippen LogP contribution in [0, 0.1) is 12.8 Å². The maximum absolute atomic E-state index is 10.3. The maximum Gasteiger partial charge on any atom is 0.153 e. The third kappa shape index (κ3) is 3.85. The van der Waals surface area contributed by atoms with Gasteiger partial charge in [0.15, 0.2) is 5.82 Å². The molecule has 2 aromatic rings. The van der Waals surface area contributed by atoms with E-state index in [4.69, 9.17) is 0 Å². The monoisotopic (exact) mass is 316 g/mol.